The van der Waals surface area contributed by atoms with Gasteiger partial charge in [-0.05, 0) is 48.8 Å². The second kappa shape index (κ2) is 6.62. The first-order valence-corrected chi connectivity index (χ1v) is 8.08. The van der Waals surface area contributed by atoms with E-state index >= 15 is 0 Å². The first-order valence-electron chi connectivity index (χ1n) is 8.08. The Labute approximate surface area is 137 Å². The lowest BCUT2D eigenvalue weighted by Crippen LogP contribution is -2.21. The molecule has 1 radical (unpaired) electrons. The minimum absolute atomic E-state index is 0.0370. The van der Waals surface area contributed by atoms with E-state index in [2.05, 4.69) is 59.7 Å². The second-order valence-electron chi connectivity index (χ2n) is 8.92. The molecular formula is C20H33O2. The highest BCUT2D eigenvalue weighted by Gasteiger charge is 2.23. The van der Waals surface area contributed by atoms with Crippen LogP contribution in [0.4, 0.5) is 0 Å². The molecular weight excluding hydrogens is 272 g/mol. The summed E-state index contributed by atoms with van der Waals surface area (Å²) in [5, 5.41) is 0. The van der Waals surface area contributed by atoms with Crippen LogP contribution in [0.25, 0.3) is 0 Å². The smallest absolute Gasteiger partial charge is 0.161 e. The Bertz CT molecular complexity index is 482. The van der Waals surface area contributed by atoms with Crippen LogP contribution in [0.2, 0.25) is 0 Å². The molecule has 0 amide bonds. The molecule has 1 rings (SSSR count). The van der Waals surface area contributed by atoms with Gasteiger partial charge in [0.15, 0.2) is 6.61 Å². The first-order chi connectivity index (χ1) is 9.81. The van der Waals surface area contributed by atoms with E-state index in [1.165, 1.54) is 11.1 Å². The van der Waals surface area contributed by atoms with E-state index in [9.17, 15) is 0 Å². The maximum Gasteiger partial charge on any atom is 0.161 e. The zero-order chi connectivity index (χ0) is 17.2. The van der Waals surface area contributed by atoms with E-state index < -0.39 is 0 Å². The number of hydrogen-bond acceptors (Lipinski definition) is 2. The van der Waals surface area contributed by atoms with Crippen LogP contribution in [-0.4, -0.2) is 12.2 Å². The number of hydrogen-bond donors (Lipinski definition) is 0. The molecule has 0 aliphatic heterocycles. The molecule has 0 spiro atoms. The van der Waals surface area contributed by atoms with Crippen molar-refractivity contribution < 1.29 is 9.47 Å². The maximum absolute atomic E-state index is 5.88. The molecule has 0 saturated carbocycles. The Morgan fingerprint density at radius 1 is 0.864 bits per heavy atom. The van der Waals surface area contributed by atoms with Crippen molar-refractivity contribution in [2.75, 3.05) is 6.61 Å². The Kier molecular flexibility index (Phi) is 5.72. The third-order valence-corrected chi connectivity index (χ3v) is 3.45. The van der Waals surface area contributed by atoms with E-state index in [0.29, 0.717) is 6.61 Å². The van der Waals surface area contributed by atoms with Crippen LogP contribution < -0.4 is 4.74 Å². The van der Waals surface area contributed by atoms with Crippen molar-refractivity contribution in [1.82, 2.24) is 0 Å². The number of rotatable bonds is 4. The minimum atomic E-state index is -0.150. The fraction of sp³-hybridized carbons (Fsp3) is 0.650. The van der Waals surface area contributed by atoms with Gasteiger partial charge in [0.1, 0.15) is 5.75 Å². The highest BCUT2D eigenvalue weighted by atomic mass is 16.5. The maximum atomic E-state index is 5.88. The largest absolute Gasteiger partial charge is 0.484 e. The third-order valence-electron chi connectivity index (χ3n) is 3.45. The lowest BCUT2D eigenvalue weighted by molar-refractivity contribution is -0.00212. The van der Waals surface area contributed by atoms with Crippen LogP contribution >= 0.6 is 0 Å². The summed E-state index contributed by atoms with van der Waals surface area (Å²) in [5.74, 6) is 0.915. The molecule has 2 nitrogen and oxygen atoms in total. The first kappa shape index (κ1) is 19.0. The van der Waals surface area contributed by atoms with E-state index in [1.54, 1.807) is 6.61 Å². The normalized spacial score (nSPS) is 13.3. The predicted molar refractivity (Wildman–Crippen MR) is 94.5 cm³/mol. The van der Waals surface area contributed by atoms with Gasteiger partial charge in [-0.1, -0.05) is 53.7 Å². The van der Waals surface area contributed by atoms with Crippen LogP contribution in [0.15, 0.2) is 18.2 Å². The summed E-state index contributed by atoms with van der Waals surface area (Å²) in [6.07, 6.45) is 0. The van der Waals surface area contributed by atoms with E-state index in [1.807, 2.05) is 20.8 Å². The Balaban J connectivity index is 2.91. The summed E-state index contributed by atoms with van der Waals surface area (Å²) in [6.45, 7) is 21.7. The quantitative estimate of drug-likeness (QED) is 0.670. The summed E-state index contributed by atoms with van der Waals surface area (Å²) < 4.78 is 11.6. The fourth-order valence-corrected chi connectivity index (χ4v) is 2.09. The van der Waals surface area contributed by atoms with Gasteiger partial charge in [-0.2, -0.15) is 0 Å². The molecule has 22 heavy (non-hydrogen) atoms. The summed E-state index contributed by atoms with van der Waals surface area (Å²) >= 11 is 0. The molecule has 0 unspecified atom stereocenters. The molecule has 1 aromatic rings. The number of ether oxygens (including phenoxy) is 2. The molecule has 0 bridgehead atoms. The summed E-state index contributed by atoms with van der Waals surface area (Å²) in [5.41, 5.74) is 2.58. The van der Waals surface area contributed by atoms with Crippen molar-refractivity contribution in [1.29, 1.82) is 0 Å². The van der Waals surface area contributed by atoms with Crippen LogP contribution in [-0.2, 0) is 15.6 Å². The van der Waals surface area contributed by atoms with E-state index in [-0.39, 0.29) is 16.4 Å². The van der Waals surface area contributed by atoms with Gasteiger partial charge in [-0.3, -0.25) is 0 Å². The van der Waals surface area contributed by atoms with Gasteiger partial charge >= 0.3 is 0 Å². The minimum Gasteiger partial charge on any atom is -0.484 e. The monoisotopic (exact) mass is 305 g/mol. The molecule has 2 heteroatoms. The molecule has 0 heterocycles. The third kappa shape index (κ3) is 6.00. The van der Waals surface area contributed by atoms with Gasteiger partial charge in [0, 0.05) is 0 Å². The Morgan fingerprint density at radius 3 is 1.91 bits per heavy atom. The number of benzene rings is 1. The van der Waals surface area contributed by atoms with Gasteiger partial charge in [0.05, 0.1) is 12.2 Å². The van der Waals surface area contributed by atoms with Crippen molar-refractivity contribution in [3.63, 3.8) is 0 Å². The van der Waals surface area contributed by atoms with Crippen LogP contribution in [0.3, 0.4) is 0 Å². The van der Waals surface area contributed by atoms with Crippen molar-refractivity contribution in [2.24, 2.45) is 0 Å². The summed E-state index contributed by atoms with van der Waals surface area (Å²) in [7, 11) is 0. The summed E-state index contributed by atoms with van der Waals surface area (Å²) in [6, 6.07) is 6.51. The van der Waals surface area contributed by atoms with Gasteiger partial charge in [0.25, 0.3) is 0 Å². The van der Waals surface area contributed by atoms with Crippen LogP contribution in [0.5, 0.6) is 5.75 Å². The second-order valence-corrected chi connectivity index (χ2v) is 8.92. The standard InChI is InChI=1S/C20H33O2/c1-18(2,3)15-10-11-17(16(14-15)19(4,5)6)21-12-13-22-20(7,8)9/h10-12,14H,13H2,1-9H3. The SMILES string of the molecule is CC(C)(C)OC[CH]Oc1ccc(C(C)(C)C)cc1C(C)(C)C. The topological polar surface area (TPSA) is 18.5 Å². The molecule has 0 N–H and O–H groups in total. The highest BCUT2D eigenvalue weighted by molar-refractivity contribution is 5.43. The molecule has 0 fully saturated rings. The molecule has 0 aromatic heterocycles. The zero-order valence-corrected chi connectivity index (χ0v) is 15.8. The molecule has 0 aliphatic carbocycles. The fourth-order valence-electron chi connectivity index (χ4n) is 2.09. The zero-order valence-electron chi connectivity index (χ0n) is 15.8. The van der Waals surface area contributed by atoms with Crippen molar-refractivity contribution in [3.8, 4) is 5.75 Å². The Hall–Kier alpha value is -1.02. The molecule has 0 atom stereocenters. The van der Waals surface area contributed by atoms with Crippen molar-refractivity contribution in [2.45, 2.75) is 78.7 Å². The van der Waals surface area contributed by atoms with Crippen LogP contribution in [0.1, 0.15) is 73.4 Å². The van der Waals surface area contributed by atoms with Gasteiger partial charge < -0.3 is 9.47 Å². The lowest BCUT2D eigenvalue weighted by Gasteiger charge is -2.27. The lowest BCUT2D eigenvalue weighted by atomic mass is 9.80. The average molecular weight is 305 g/mol. The van der Waals surface area contributed by atoms with Crippen molar-refractivity contribution >= 4 is 0 Å². The predicted octanol–water partition coefficient (Wildman–Crippen LogP) is 5.64. The van der Waals surface area contributed by atoms with Gasteiger partial charge in [-0.25, -0.2) is 0 Å². The van der Waals surface area contributed by atoms with E-state index in [4.69, 9.17) is 9.47 Å². The molecule has 125 valence electrons. The molecule has 0 aliphatic rings. The highest BCUT2D eigenvalue weighted by Crippen LogP contribution is 2.35. The Morgan fingerprint density at radius 2 is 1.45 bits per heavy atom. The summed E-state index contributed by atoms with van der Waals surface area (Å²) in [4.78, 5) is 0. The van der Waals surface area contributed by atoms with Gasteiger partial charge in [0.2, 0.25) is 0 Å². The van der Waals surface area contributed by atoms with Crippen molar-refractivity contribution in [3.05, 3.63) is 35.9 Å². The van der Waals surface area contributed by atoms with Crippen LogP contribution in [0, 0.1) is 6.61 Å². The van der Waals surface area contributed by atoms with E-state index in [0.717, 1.165) is 5.75 Å². The molecule has 0 saturated heterocycles. The van der Waals surface area contributed by atoms with Gasteiger partial charge in [-0.15, -0.1) is 0 Å². The molecule has 1 aromatic carbocycles. The average Bonchev–Trinajstić information content (AvgIpc) is 2.31.